The van der Waals surface area contributed by atoms with Crippen LogP contribution in [-0.2, 0) is 11.2 Å². The zero-order chi connectivity index (χ0) is 25.5. The first-order chi connectivity index (χ1) is 17.5. The molecule has 0 aliphatic heterocycles. The fourth-order valence-corrected chi connectivity index (χ4v) is 4.25. The Morgan fingerprint density at radius 3 is 2.08 bits per heavy atom. The maximum absolute atomic E-state index is 13.4. The summed E-state index contributed by atoms with van der Waals surface area (Å²) >= 11 is 0. The lowest BCUT2D eigenvalue weighted by atomic mass is 9.91. The molecule has 0 atom stereocenters. The largest absolute Gasteiger partial charge is 0.497 e. The Balaban J connectivity index is 1.66. The minimum absolute atomic E-state index is 0.221. The van der Waals surface area contributed by atoms with Gasteiger partial charge in [-0.25, -0.2) is 10.1 Å². The molecule has 1 amide bonds. The molecule has 0 spiro atoms. The van der Waals surface area contributed by atoms with Crippen molar-refractivity contribution in [3.63, 3.8) is 0 Å². The second-order valence-electron chi connectivity index (χ2n) is 8.48. The highest BCUT2D eigenvalue weighted by atomic mass is 16.5. The normalized spacial score (nSPS) is 11.5. The standard InChI is InChI=1S/C29H30N4O3/c1-4-11-25-26(29(35)33(32-25)23-16-18-24(36-3)19-17-23)20(2)30-31-28(34)27(21-12-7-5-8-13-21)22-14-9-6-10-15-22/h5-10,12-19,27,32H,4,11H2,1-3H3,(H,31,34)/b30-20+. The zero-order valence-electron chi connectivity index (χ0n) is 20.7. The fraction of sp³-hybridized carbons (Fsp3) is 0.207. The van der Waals surface area contributed by atoms with Crippen LogP contribution in [0.25, 0.3) is 5.69 Å². The summed E-state index contributed by atoms with van der Waals surface area (Å²) in [4.78, 5) is 26.7. The lowest BCUT2D eigenvalue weighted by molar-refractivity contribution is -0.121. The summed E-state index contributed by atoms with van der Waals surface area (Å²) in [5.74, 6) is -0.0877. The summed E-state index contributed by atoms with van der Waals surface area (Å²) in [6, 6.07) is 26.4. The first kappa shape index (κ1) is 24.7. The molecular formula is C29H30N4O3. The quantitative estimate of drug-likeness (QED) is 0.265. The number of nitrogens with one attached hydrogen (secondary N) is 2. The zero-order valence-corrected chi connectivity index (χ0v) is 20.7. The highest BCUT2D eigenvalue weighted by molar-refractivity contribution is 6.00. The number of rotatable bonds is 9. The van der Waals surface area contributed by atoms with Crippen LogP contribution in [-0.4, -0.2) is 28.5 Å². The van der Waals surface area contributed by atoms with Gasteiger partial charge in [-0.05, 0) is 48.7 Å². The van der Waals surface area contributed by atoms with E-state index in [4.69, 9.17) is 4.74 Å². The highest BCUT2D eigenvalue weighted by Crippen LogP contribution is 2.24. The van der Waals surface area contributed by atoms with E-state index in [1.54, 1.807) is 26.2 Å². The number of carbonyl (C=O) groups is 1. The van der Waals surface area contributed by atoms with Crippen molar-refractivity contribution in [3.05, 3.63) is 118 Å². The van der Waals surface area contributed by atoms with Crippen LogP contribution in [0.15, 0.2) is 94.8 Å². The van der Waals surface area contributed by atoms with E-state index >= 15 is 0 Å². The van der Waals surface area contributed by atoms with Gasteiger partial charge in [-0.15, -0.1) is 0 Å². The Hall–Kier alpha value is -4.39. The predicted molar refractivity (Wildman–Crippen MR) is 142 cm³/mol. The van der Waals surface area contributed by atoms with Gasteiger partial charge < -0.3 is 4.74 Å². The van der Waals surface area contributed by atoms with Crippen molar-refractivity contribution in [2.24, 2.45) is 5.10 Å². The second kappa shape index (κ2) is 11.4. The van der Waals surface area contributed by atoms with Gasteiger partial charge in [0.2, 0.25) is 0 Å². The van der Waals surface area contributed by atoms with Gasteiger partial charge in [0.1, 0.15) is 5.75 Å². The van der Waals surface area contributed by atoms with Gasteiger partial charge in [0.05, 0.1) is 30.0 Å². The van der Waals surface area contributed by atoms with E-state index in [1.165, 1.54) is 4.68 Å². The van der Waals surface area contributed by atoms with E-state index in [0.29, 0.717) is 29.1 Å². The van der Waals surface area contributed by atoms with Crippen LogP contribution in [0.1, 0.15) is 48.6 Å². The van der Waals surface area contributed by atoms with Gasteiger partial charge in [0.25, 0.3) is 11.5 Å². The van der Waals surface area contributed by atoms with E-state index < -0.39 is 5.92 Å². The number of ether oxygens (including phenoxy) is 1. The van der Waals surface area contributed by atoms with Crippen LogP contribution in [0, 0.1) is 0 Å². The topological polar surface area (TPSA) is 88.5 Å². The number of hydrazone groups is 1. The number of methoxy groups -OCH3 is 1. The molecule has 36 heavy (non-hydrogen) atoms. The number of benzene rings is 3. The molecule has 1 heterocycles. The minimum Gasteiger partial charge on any atom is -0.497 e. The van der Waals surface area contributed by atoms with Gasteiger partial charge in [0.15, 0.2) is 0 Å². The van der Waals surface area contributed by atoms with Crippen LogP contribution in [0.3, 0.4) is 0 Å². The molecule has 4 rings (SSSR count). The first-order valence-corrected chi connectivity index (χ1v) is 12.0. The van der Waals surface area contributed by atoms with Crippen molar-refractivity contribution < 1.29 is 9.53 Å². The maximum Gasteiger partial charge on any atom is 0.280 e. The van der Waals surface area contributed by atoms with Crippen molar-refractivity contribution in [1.29, 1.82) is 0 Å². The van der Waals surface area contributed by atoms with Crippen molar-refractivity contribution in [2.75, 3.05) is 7.11 Å². The molecule has 0 radical (unpaired) electrons. The van der Waals surface area contributed by atoms with Gasteiger partial charge in [-0.3, -0.25) is 14.7 Å². The maximum atomic E-state index is 13.4. The molecule has 0 fully saturated rings. The van der Waals surface area contributed by atoms with Crippen LogP contribution in [0.2, 0.25) is 0 Å². The van der Waals surface area contributed by atoms with Gasteiger partial charge >= 0.3 is 0 Å². The van der Waals surface area contributed by atoms with E-state index in [0.717, 1.165) is 23.2 Å². The molecule has 7 heteroatoms. The van der Waals surface area contributed by atoms with Crippen LogP contribution in [0.5, 0.6) is 5.75 Å². The summed E-state index contributed by atoms with van der Waals surface area (Å²) in [7, 11) is 1.60. The summed E-state index contributed by atoms with van der Waals surface area (Å²) in [6.45, 7) is 3.79. The molecule has 0 aliphatic rings. The molecule has 1 aromatic heterocycles. The average molecular weight is 483 g/mol. The Labute approximate surface area is 210 Å². The van der Waals surface area contributed by atoms with Crippen LogP contribution in [0.4, 0.5) is 0 Å². The van der Waals surface area contributed by atoms with Crippen LogP contribution >= 0.6 is 0 Å². The van der Waals surface area contributed by atoms with Gasteiger partial charge in [0, 0.05) is 5.69 Å². The monoisotopic (exact) mass is 482 g/mol. The third-order valence-electron chi connectivity index (χ3n) is 6.02. The molecular weight excluding hydrogens is 452 g/mol. The number of nitrogens with zero attached hydrogens (tertiary/aromatic N) is 2. The third-order valence-corrected chi connectivity index (χ3v) is 6.02. The number of aromatic nitrogens is 2. The summed E-state index contributed by atoms with van der Waals surface area (Å²) in [6.07, 6.45) is 1.52. The number of aromatic amines is 1. The van der Waals surface area contributed by atoms with Crippen molar-refractivity contribution in [2.45, 2.75) is 32.6 Å². The van der Waals surface area contributed by atoms with Gasteiger partial charge in [-0.1, -0.05) is 74.0 Å². The first-order valence-electron chi connectivity index (χ1n) is 12.0. The smallest absolute Gasteiger partial charge is 0.280 e. The molecule has 3 aromatic carbocycles. The van der Waals surface area contributed by atoms with E-state index in [2.05, 4.69) is 15.6 Å². The number of hydrogen-bond acceptors (Lipinski definition) is 4. The third kappa shape index (κ3) is 5.30. The predicted octanol–water partition coefficient (Wildman–Crippen LogP) is 4.80. The number of hydrogen-bond donors (Lipinski definition) is 2. The molecule has 7 nitrogen and oxygen atoms in total. The lowest BCUT2D eigenvalue weighted by Gasteiger charge is -2.16. The summed E-state index contributed by atoms with van der Waals surface area (Å²) in [5, 5.41) is 7.59. The van der Waals surface area contributed by atoms with Crippen molar-refractivity contribution >= 4 is 11.6 Å². The highest BCUT2D eigenvalue weighted by Gasteiger charge is 2.23. The van der Waals surface area contributed by atoms with E-state index in [1.807, 2.05) is 79.7 Å². The molecule has 4 aromatic rings. The SMILES string of the molecule is CCCc1[nH]n(-c2ccc(OC)cc2)c(=O)c1/C(C)=N/NC(=O)C(c1ccccc1)c1ccccc1. The van der Waals surface area contributed by atoms with E-state index in [-0.39, 0.29) is 11.5 Å². The van der Waals surface area contributed by atoms with E-state index in [9.17, 15) is 9.59 Å². The molecule has 184 valence electrons. The minimum atomic E-state index is -0.527. The number of aryl methyl sites for hydroxylation is 1. The second-order valence-corrected chi connectivity index (χ2v) is 8.48. The number of amides is 1. The molecule has 0 unspecified atom stereocenters. The average Bonchev–Trinajstić information content (AvgIpc) is 3.24. The van der Waals surface area contributed by atoms with Gasteiger partial charge in [-0.2, -0.15) is 5.10 Å². The lowest BCUT2D eigenvalue weighted by Crippen LogP contribution is -2.28. The van der Waals surface area contributed by atoms with Crippen LogP contribution < -0.4 is 15.7 Å². The summed E-state index contributed by atoms with van der Waals surface area (Å²) < 4.78 is 6.72. The molecule has 0 aliphatic carbocycles. The Bertz CT molecular complexity index is 1350. The summed E-state index contributed by atoms with van der Waals surface area (Å²) in [5.41, 5.74) is 6.59. The molecule has 0 saturated heterocycles. The molecule has 0 saturated carbocycles. The molecule has 2 N–H and O–H groups in total. The Kier molecular flexibility index (Phi) is 7.80. The van der Waals surface area contributed by atoms with Crippen molar-refractivity contribution in [3.8, 4) is 11.4 Å². The number of carbonyl (C=O) groups excluding carboxylic acids is 1. The fourth-order valence-electron chi connectivity index (χ4n) is 4.25. The van der Waals surface area contributed by atoms with Crippen molar-refractivity contribution in [1.82, 2.24) is 15.2 Å². The molecule has 0 bridgehead atoms. The Morgan fingerprint density at radius 2 is 1.56 bits per heavy atom. The Morgan fingerprint density at radius 1 is 0.972 bits per heavy atom. The number of H-pyrrole nitrogens is 1.